The van der Waals surface area contributed by atoms with Crippen LogP contribution in [0.25, 0.3) is 16.6 Å². The lowest BCUT2D eigenvalue weighted by Crippen LogP contribution is -2.54. The van der Waals surface area contributed by atoms with Crippen molar-refractivity contribution in [3.63, 3.8) is 0 Å². The standard InChI is InChI=1S/C33H46N6O3/c1-24(23-41-3)36-13-10-33(42-4,11-14-36)28-7-5-25(6-8-28)27-21-31-30(9-12-35-39(31)22-27)37-15-17-38(18-16-37)32(40)26-19-29(20-26)34-2/h5-9,12,21-22,24,26,29,34H,10-11,13-20,23H2,1-4H3/t24-,26-,29-/m1/s1. The maximum absolute atomic E-state index is 12.9. The van der Waals surface area contributed by atoms with Crippen LogP contribution in [0.5, 0.6) is 0 Å². The third-order valence-corrected chi connectivity index (χ3v) is 10.1. The summed E-state index contributed by atoms with van der Waals surface area (Å²) in [7, 11) is 5.60. The van der Waals surface area contributed by atoms with E-state index in [2.05, 4.69) is 74.6 Å². The number of methoxy groups -OCH3 is 2. The molecule has 1 amide bonds. The van der Waals surface area contributed by atoms with E-state index in [1.165, 1.54) is 16.8 Å². The van der Waals surface area contributed by atoms with Gasteiger partial charge in [0, 0.05) is 89.4 Å². The molecule has 0 bridgehead atoms. The van der Waals surface area contributed by atoms with Gasteiger partial charge in [0.2, 0.25) is 5.91 Å². The summed E-state index contributed by atoms with van der Waals surface area (Å²) >= 11 is 0. The molecule has 3 aliphatic rings. The lowest BCUT2D eigenvalue weighted by atomic mass is 9.79. The van der Waals surface area contributed by atoms with Crippen molar-refractivity contribution in [1.29, 1.82) is 0 Å². The van der Waals surface area contributed by atoms with E-state index >= 15 is 0 Å². The van der Waals surface area contributed by atoms with Crippen LogP contribution in [0.3, 0.4) is 0 Å². The molecule has 1 atom stereocenters. The van der Waals surface area contributed by atoms with Gasteiger partial charge in [0.15, 0.2) is 0 Å². The number of amides is 1. The summed E-state index contributed by atoms with van der Waals surface area (Å²) in [5, 5.41) is 7.90. The molecule has 1 saturated carbocycles. The third-order valence-electron chi connectivity index (χ3n) is 10.1. The van der Waals surface area contributed by atoms with Gasteiger partial charge in [0.05, 0.1) is 23.4 Å². The summed E-state index contributed by atoms with van der Waals surface area (Å²) in [5.41, 5.74) is 5.58. The molecule has 2 aliphatic heterocycles. The van der Waals surface area contributed by atoms with Gasteiger partial charge in [0.25, 0.3) is 0 Å². The highest BCUT2D eigenvalue weighted by molar-refractivity contribution is 5.82. The number of fused-ring (bicyclic) bond motifs is 1. The zero-order valence-electron chi connectivity index (χ0n) is 25.6. The first-order valence-corrected chi connectivity index (χ1v) is 15.5. The van der Waals surface area contributed by atoms with Crippen LogP contribution in [0.15, 0.2) is 48.8 Å². The first-order chi connectivity index (χ1) is 20.4. The van der Waals surface area contributed by atoms with E-state index in [9.17, 15) is 4.79 Å². The molecule has 226 valence electrons. The van der Waals surface area contributed by atoms with Gasteiger partial charge in [-0.2, -0.15) is 5.10 Å². The number of hydrogen-bond acceptors (Lipinski definition) is 7. The molecular formula is C33H46N6O3. The van der Waals surface area contributed by atoms with Crippen molar-refractivity contribution >= 4 is 17.1 Å². The fourth-order valence-electron chi connectivity index (χ4n) is 7.16. The molecule has 2 saturated heterocycles. The van der Waals surface area contributed by atoms with Crippen molar-refractivity contribution in [2.75, 3.05) is 72.0 Å². The van der Waals surface area contributed by atoms with Crippen molar-refractivity contribution < 1.29 is 14.3 Å². The van der Waals surface area contributed by atoms with Gasteiger partial charge in [-0.3, -0.25) is 9.69 Å². The van der Waals surface area contributed by atoms with Crippen LogP contribution in [0.2, 0.25) is 0 Å². The summed E-state index contributed by atoms with van der Waals surface area (Å²) in [5.74, 6) is 0.522. The average molecular weight is 575 g/mol. The van der Waals surface area contributed by atoms with E-state index in [0.717, 1.165) is 82.6 Å². The van der Waals surface area contributed by atoms with Crippen LogP contribution >= 0.6 is 0 Å². The molecule has 4 heterocycles. The average Bonchev–Trinajstić information content (AvgIpc) is 3.46. The summed E-state index contributed by atoms with van der Waals surface area (Å²) in [6.07, 6.45) is 7.86. The largest absolute Gasteiger partial charge is 0.383 e. The zero-order chi connectivity index (χ0) is 29.3. The molecule has 6 rings (SSSR count). The van der Waals surface area contributed by atoms with Crippen LogP contribution in [0.4, 0.5) is 5.69 Å². The number of hydrogen-bond donors (Lipinski definition) is 1. The maximum atomic E-state index is 12.9. The van der Waals surface area contributed by atoms with Crippen molar-refractivity contribution in [2.45, 2.75) is 50.3 Å². The molecule has 9 heteroatoms. The van der Waals surface area contributed by atoms with E-state index in [1.54, 1.807) is 7.11 Å². The fourth-order valence-corrected chi connectivity index (χ4v) is 7.16. The monoisotopic (exact) mass is 574 g/mol. The Hall–Kier alpha value is -2.98. The minimum Gasteiger partial charge on any atom is -0.383 e. The third kappa shape index (κ3) is 5.55. The second kappa shape index (κ2) is 12.3. The molecule has 1 aliphatic carbocycles. The number of likely N-dealkylation sites (tertiary alicyclic amines) is 1. The highest BCUT2D eigenvalue weighted by Gasteiger charge is 2.38. The Morgan fingerprint density at radius 3 is 2.38 bits per heavy atom. The number of rotatable bonds is 9. The summed E-state index contributed by atoms with van der Waals surface area (Å²) < 4.78 is 13.5. The molecule has 1 N–H and O–H groups in total. The molecule has 0 radical (unpaired) electrons. The van der Waals surface area contributed by atoms with Crippen LogP contribution in [-0.4, -0.2) is 105 Å². The van der Waals surface area contributed by atoms with Gasteiger partial charge in [-0.15, -0.1) is 0 Å². The zero-order valence-corrected chi connectivity index (χ0v) is 25.6. The second-order valence-corrected chi connectivity index (χ2v) is 12.4. The van der Waals surface area contributed by atoms with Gasteiger partial charge in [-0.1, -0.05) is 24.3 Å². The number of aromatic nitrogens is 2. The fraction of sp³-hybridized carbons (Fsp3) is 0.576. The minimum atomic E-state index is -0.251. The Morgan fingerprint density at radius 1 is 1.02 bits per heavy atom. The number of nitrogens with one attached hydrogen (secondary N) is 1. The number of ether oxygens (including phenoxy) is 2. The number of anilines is 1. The number of benzene rings is 1. The molecule has 3 fully saturated rings. The van der Waals surface area contributed by atoms with Crippen LogP contribution in [0, 0.1) is 5.92 Å². The highest BCUT2D eigenvalue weighted by atomic mass is 16.5. The van der Waals surface area contributed by atoms with E-state index in [-0.39, 0.29) is 11.5 Å². The summed E-state index contributed by atoms with van der Waals surface area (Å²) in [4.78, 5) is 19.9. The van der Waals surface area contributed by atoms with E-state index in [4.69, 9.17) is 9.47 Å². The molecule has 1 aromatic carbocycles. The number of carbonyl (C=O) groups excluding carboxylic acids is 1. The quantitative estimate of drug-likeness (QED) is 0.419. The second-order valence-electron chi connectivity index (χ2n) is 12.4. The Balaban J connectivity index is 1.13. The lowest BCUT2D eigenvalue weighted by Gasteiger charge is -2.43. The summed E-state index contributed by atoms with van der Waals surface area (Å²) in [6, 6.07) is 14.2. The van der Waals surface area contributed by atoms with E-state index in [1.807, 2.05) is 24.9 Å². The van der Waals surface area contributed by atoms with Crippen molar-refractivity contribution in [1.82, 2.24) is 24.7 Å². The molecule has 42 heavy (non-hydrogen) atoms. The molecule has 3 aromatic rings. The Bertz CT molecular complexity index is 1350. The Kier molecular flexibility index (Phi) is 8.54. The van der Waals surface area contributed by atoms with E-state index < -0.39 is 0 Å². The topological polar surface area (TPSA) is 74.6 Å². The number of piperidine rings is 1. The maximum Gasteiger partial charge on any atom is 0.225 e. The van der Waals surface area contributed by atoms with Crippen LogP contribution in [-0.2, 0) is 19.9 Å². The normalized spacial score (nSPS) is 23.6. The first-order valence-electron chi connectivity index (χ1n) is 15.5. The molecule has 0 spiro atoms. The molecule has 0 unspecified atom stereocenters. The van der Waals surface area contributed by atoms with Gasteiger partial charge in [-0.05, 0) is 62.9 Å². The van der Waals surface area contributed by atoms with Crippen molar-refractivity contribution in [2.24, 2.45) is 5.92 Å². The van der Waals surface area contributed by atoms with Gasteiger partial charge in [-0.25, -0.2) is 4.52 Å². The smallest absolute Gasteiger partial charge is 0.225 e. The SMILES string of the molecule is CN[C@H]1C[C@H](C(=O)N2CCN(c3ccnn4cc(-c5ccc(C6(OC)CCN([C@H](C)COC)CC6)cc5)cc34)CC2)C1. The first kappa shape index (κ1) is 29.1. The van der Waals surface area contributed by atoms with Gasteiger partial charge in [0.1, 0.15) is 0 Å². The predicted molar refractivity (Wildman–Crippen MR) is 166 cm³/mol. The lowest BCUT2D eigenvalue weighted by molar-refractivity contribution is -0.139. The number of nitrogens with zero attached hydrogens (tertiary/aromatic N) is 5. The predicted octanol–water partition coefficient (Wildman–Crippen LogP) is 3.62. The molecule has 9 nitrogen and oxygen atoms in total. The summed E-state index contributed by atoms with van der Waals surface area (Å²) in [6.45, 7) is 8.20. The van der Waals surface area contributed by atoms with E-state index in [0.29, 0.717) is 18.0 Å². The van der Waals surface area contributed by atoms with Gasteiger partial charge >= 0.3 is 0 Å². The Morgan fingerprint density at radius 2 is 1.74 bits per heavy atom. The molecular weight excluding hydrogens is 528 g/mol. The minimum absolute atomic E-state index is 0.192. The van der Waals surface area contributed by atoms with Gasteiger partial charge < -0.3 is 24.6 Å². The molecule has 2 aromatic heterocycles. The van der Waals surface area contributed by atoms with Crippen molar-refractivity contribution in [3.05, 3.63) is 54.4 Å². The highest BCUT2D eigenvalue weighted by Crippen LogP contribution is 2.38. The van der Waals surface area contributed by atoms with Crippen LogP contribution < -0.4 is 10.2 Å². The van der Waals surface area contributed by atoms with Crippen LogP contribution in [0.1, 0.15) is 38.2 Å². The van der Waals surface area contributed by atoms with Crippen molar-refractivity contribution in [3.8, 4) is 11.1 Å². The number of piperazine rings is 1. The Labute approximate surface area is 249 Å². The number of carbonyl (C=O) groups is 1.